The van der Waals surface area contributed by atoms with Gasteiger partial charge < -0.3 is 5.32 Å². The lowest BCUT2D eigenvalue weighted by molar-refractivity contribution is 0.255. The number of benzene rings is 1. The van der Waals surface area contributed by atoms with Crippen molar-refractivity contribution in [1.82, 2.24) is 10.2 Å². The Morgan fingerprint density at radius 3 is 2.47 bits per heavy atom. The molecule has 0 aromatic heterocycles. The maximum atomic E-state index is 3.74. The zero-order chi connectivity index (χ0) is 13.2. The molecule has 2 atom stereocenters. The molecule has 0 spiro atoms. The number of nitrogens with one attached hydrogen (secondary N) is 1. The van der Waals surface area contributed by atoms with Crippen molar-refractivity contribution in [2.75, 3.05) is 6.54 Å². The molecule has 1 aliphatic carbocycles. The molecule has 1 aliphatic heterocycles. The lowest BCUT2D eigenvalue weighted by Crippen LogP contribution is -2.33. The maximum absolute atomic E-state index is 3.74. The van der Waals surface area contributed by atoms with Gasteiger partial charge in [0.05, 0.1) is 0 Å². The first-order valence-corrected chi connectivity index (χ1v) is 7.83. The van der Waals surface area contributed by atoms with E-state index >= 15 is 0 Å². The van der Waals surface area contributed by atoms with Crippen LogP contribution in [-0.4, -0.2) is 29.6 Å². The Morgan fingerprint density at radius 1 is 1.16 bits per heavy atom. The molecule has 2 aliphatic rings. The van der Waals surface area contributed by atoms with E-state index in [4.69, 9.17) is 0 Å². The highest BCUT2D eigenvalue weighted by Gasteiger charge is 2.38. The van der Waals surface area contributed by atoms with Crippen molar-refractivity contribution in [2.45, 2.75) is 64.2 Å². The second-order valence-corrected chi connectivity index (χ2v) is 6.26. The van der Waals surface area contributed by atoms with Crippen molar-refractivity contribution in [3.05, 3.63) is 35.4 Å². The van der Waals surface area contributed by atoms with Crippen molar-refractivity contribution < 1.29 is 0 Å². The zero-order valence-electron chi connectivity index (χ0n) is 12.2. The molecule has 1 N–H and O–H groups in total. The summed E-state index contributed by atoms with van der Waals surface area (Å²) in [7, 11) is 0. The monoisotopic (exact) mass is 258 g/mol. The summed E-state index contributed by atoms with van der Waals surface area (Å²) < 4.78 is 0. The number of hydrogen-bond acceptors (Lipinski definition) is 2. The molecular formula is C17H26N2. The lowest BCUT2D eigenvalue weighted by Gasteiger charge is -2.19. The molecule has 2 nitrogen and oxygen atoms in total. The smallest absolute Gasteiger partial charge is 0.0213 e. The Kier molecular flexibility index (Phi) is 3.90. The van der Waals surface area contributed by atoms with Crippen LogP contribution < -0.4 is 5.32 Å². The van der Waals surface area contributed by atoms with Gasteiger partial charge in [0.25, 0.3) is 0 Å². The fourth-order valence-corrected chi connectivity index (χ4v) is 3.27. The SMILES string of the molecule is CCc1ccc(CNC2CC(C)N(C3CC3)C2)cc1. The van der Waals surface area contributed by atoms with Crippen LogP contribution in [0, 0.1) is 0 Å². The standard InChI is InChI=1S/C17H26N2/c1-3-14-4-6-15(7-5-14)11-18-16-10-13(2)19(12-16)17-8-9-17/h4-7,13,16-18H,3,8-12H2,1-2H3. The summed E-state index contributed by atoms with van der Waals surface area (Å²) in [5, 5.41) is 3.74. The first kappa shape index (κ1) is 13.1. The Bertz CT molecular complexity index is 408. The summed E-state index contributed by atoms with van der Waals surface area (Å²) in [6.07, 6.45) is 5.29. The summed E-state index contributed by atoms with van der Waals surface area (Å²) in [5.41, 5.74) is 2.84. The molecule has 1 aromatic carbocycles. The van der Waals surface area contributed by atoms with Gasteiger partial charge in [0.2, 0.25) is 0 Å². The van der Waals surface area contributed by atoms with E-state index in [0.29, 0.717) is 6.04 Å². The van der Waals surface area contributed by atoms with Gasteiger partial charge in [-0.25, -0.2) is 0 Å². The molecule has 1 saturated heterocycles. The van der Waals surface area contributed by atoms with Crippen LogP contribution in [-0.2, 0) is 13.0 Å². The van der Waals surface area contributed by atoms with Crippen LogP contribution in [0.4, 0.5) is 0 Å². The van der Waals surface area contributed by atoms with Gasteiger partial charge in [-0.2, -0.15) is 0 Å². The second kappa shape index (κ2) is 5.64. The quantitative estimate of drug-likeness (QED) is 0.873. The topological polar surface area (TPSA) is 15.3 Å². The molecule has 3 rings (SSSR count). The Labute approximate surface area is 117 Å². The molecule has 1 aromatic rings. The minimum atomic E-state index is 0.682. The van der Waals surface area contributed by atoms with Crippen LogP contribution in [0.2, 0.25) is 0 Å². The van der Waals surface area contributed by atoms with E-state index in [1.165, 1.54) is 36.9 Å². The Balaban J connectivity index is 1.49. The summed E-state index contributed by atoms with van der Waals surface area (Å²) in [6.45, 7) is 6.86. The van der Waals surface area contributed by atoms with E-state index in [1.807, 2.05) is 0 Å². The van der Waals surface area contributed by atoms with Gasteiger partial charge >= 0.3 is 0 Å². The molecule has 104 valence electrons. The molecule has 2 unspecified atom stereocenters. The average molecular weight is 258 g/mol. The first-order chi connectivity index (χ1) is 9.26. The van der Waals surface area contributed by atoms with E-state index in [2.05, 4.69) is 48.3 Å². The van der Waals surface area contributed by atoms with Gasteiger partial charge in [0.1, 0.15) is 0 Å². The van der Waals surface area contributed by atoms with E-state index < -0.39 is 0 Å². The highest BCUT2D eigenvalue weighted by molar-refractivity contribution is 5.22. The van der Waals surface area contributed by atoms with Crippen molar-refractivity contribution >= 4 is 0 Å². The molecule has 0 bridgehead atoms. The van der Waals surface area contributed by atoms with Crippen LogP contribution in [0.5, 0.6) is 0 Å². The van der Waals surface area contributed by atoms with Crippen molar-refractivity contribution in [1.29, 1.82) is 0 Å². The fourth-order valence-electron chi connectivity index (χ4n) is 3.27. The number of nitrogens with zero attached hydrogens (tertiary/aromatic N) is 1. The molecule has 0 radical (unpaired) electrons. The van der Waals surface area contributed by atoms with Crippen molar-refractivity contribution in [3.8, 4) is 0 Å². The normalized spacial score (nSPS) is 27.9. The van der Waals surface area contributed by atoms with Crippen LogP contribution in [0.15, 0.2) is 24.3 Å². The number of likely N-dealkylation sites (tertiary alicyclic amines) is 1. The van der Waals surface area contributed by atoms with E-state index in [9.17, 15) is 0 Å². The van der Waals surface area contributed by atoms with E-state index in [1.54, 1.807) is 0 Å². The number of rotatable bonds is 5. The number of aryl methyl sites for hydroxylation is 1. The van der Waals surface area contributed by atoms with E-state index in [-0.39, 0.29) is 0 Å². The predicted molar refractivity (Wildman–Crippen MR) is 80.3 cm³/mol. The average Bonchev–Trinajstić information content (AvgIpc) is 3.21. The van der Waals surface area contributed by atoms with Gasteiger partial charge in [-0.05, 0) is 43.7 Å². The van der Waals surface area contributed by atoms with Crippen LogP contribution >= 0.6 is 0 Å². The van der Waals surface area contributed by atoms with Gasteiger partial charge in [0, 0.05) is 31.2 Å². The number of hydrogen-bond donors (Lipinski definition) is 1. The highest BCUT2D eigenvalue weighted by Crippen LogP contribution is 2.33. The third-order valence-electron chi connectivity index (χ3n) is 4.66. The maximum Gasteiger partial charge on any atom is 0.0213 e. The van der Waals surface area contributed by atoms with Crippen molar-refractivity contribution in [3.63, 3.8) is 0 Å². The second-order valence-electron chi connectivity index (χ2n) is 6.26. The van der Waals surface area contributed by atoms with Crippen molar-refractivity contribution in [2.24, 2.45) is 0 Å². The molecule has 1 saturated carbocycles. The van der Waals surface area contributed by atoms with Gasteiger partial charge in [-0.15, -0.1) is 0 Å². The molecule has 19 heavy (non-hydrogen) atoms. The first-order valence-electron chi connectivity index (χ1n) is 7.83. The molecular weight excluding hydrogens is 232 g/mol. The minimum absolute atomic E-state index is 0.682. The van der Waals surface area contributed by atoms with E-state index in [0.717, 1.165) is 25.0 Å². The fraction of sp³-hybridized carbons (Fsp3) is 0.647. The summed E-state index contributed by atoms with van der Waals surface area (Å²) in [6, 6.07) is 11.4. The van der Waals surface area contributed by atoms with Crippen LogP contribution in [0.1, 0.15) is 44.2 Å². The Morgan fingerprint density at radius 2 is 1.84 bits per heavy atom. The van der Waals surface area contributed by atoms with Crippen LogP contribution in [0.3, 0.4) is 0 Å². The summed E-state index contributed by atoms with van der Waals surface area (Å²) in [4.78, 5) is 2.71. The van der Waals surface area contributed by atoms with Gasteiger partial charge in [-0.3, -0.25) is 4.90 Å². The Hall–Kier alpha value is -0.860. The lowest BCUT2D eigenvalue weighted by atomic mass is 10.1. The highest BCUT2D eigenvalue weighted by atomic mass is 15.3. The zero-order valence-corrected chi connectivity index (χ0v) is 12.2. The minimum Gasteiger partial charge on any atom is -0.309 e. The molecule has 1 heterocycles. The molecule has 0 amide bonds. The largest absolute Gasteiger partial charge is 0.309 e. The van der Waals surface area contributed by atoms with Gasteiger partial charge in [0.15, 0.2) is 0 Å². The summed E-state index contributed by atoms with van der Waals surface area (Å²) in [5.74, 6) is 0. The molecule has 2 fully saturated rings. The third-order valence-corrected chi connectivity index (χ3v) is 4.66. The van der Waals surface area contributed by atoms with Gasteiger partial charge in [-0.1, -0.05) is 31.2 Å². The molecule has 2 heteroatoms. The predicted octanol–water partition coefficient (Wildman–Crippen LogP) is 2.96. The third kappa shape index (κ3) is 3.18. The van der Waals surface area contributed by atoms with Crippen LogP contribution in [0.25, 0.3) is 0 Å². The summed E-state index contributed by atoms with van der Waals surface area (Å²) >= 11 is 0.